The third-order valence-corrected chi connectivity index (χ3v) is 14.5. The smallest absolute Gasteiger partial charge is 0.0620 e. The molecule has 40 heavy (non-hydrogen) atoms. The van der Waals surface area contributed by atoms with Crippen LogP contribution in [0.3, 0.4) is 0 Å². The van der Waals surface area contributed by atoms with Crippen molar-refractivity contribution in [3.63, 3.8) is 0 Å². The zero-order valence-corrected chi connectivity index (χ0v) is 28.4. The predicted molar refractivity (Wildman–Crippen MR) is 177 cm³/mol. The molecule has 2 fully saturated rings. The van der Waals surface area contributed by atoms with Crippen LogP contribution in [0.15, 0.2) is 121 Å². The zero-order valence-electron chi connectivity index (χ0n) is 22.8. The van der Waals surface area contributed by atoms with E-state index in [1.807, 2.05) is 0 Å². The summed E-state index contributed by atoms with van der Waals surface area (Å²) in [6, 6.07) is 44.7. The van der Waals surface area contributed by atoms with Crippen LogP contribution in [0.4, 0.5) is 0 Å². The van der Waals surface area contributed by atoms with Gasteiger partial charge in [-0.05, 0) is 99.9 Å². The van der Waals surface area contributed by atoms with Gasteiger partial charge in [-0.15, -0.1) is 0 Å². The molecule has 0 spiro atoms. The van der Waals surface area contributed by atoms with E-state index in [1.54, 1.807) is 21.2 Å². The Morgan fingerprint density at radius 1 is 0.425 bits per heavy atom. The molecular formula is C34H40Cl2FeNiP2+2. The Morgan fingerprint density at radius 3 is 0.825 bits per heavy atom. The Bertz CT molecular complexity index is 1000. The summed E-state index contributed by atoms with van der Waals surface area (Å²) >= 11 is 0.569. The molecule has 0 bridgehead atoms. The minimum absolute atomic E-state index is 0. The molecule has 4 aromatic rings. The summed E-state index contributed by atoms with van der Waals surface area (Å²) in [6.45, 7) is 0. The largest absolute Gasteiger partial charge is 0.0969 e. The van der Waals surface area contributed by atoms with E-state index in [9.17, 15) is 0 Å². The van der Waals surface area contributed by atoms with Crippen molar-refractivity contribution < 1.29 is 29.7 Å². The maximum Gasteiger partial charge on any atom is 0.0969 e. The monoisotopic (exact) mass is 694 g/mol. The summed E-state index contributed by atoms with van der Waals surface area (Å²) in [7, 11) is 8.25. The molecule has 0 radical (unpaired) electrons. The van der Waals surface area contributed by atoms with Gasteiger partial charge in [0.25, 0.3) is 0 Å². The average molecular weight is 696 g/mol. The van der Waals surface area contributed by atoms with Gasteiger partial charge in [-0.25, -0.2) is 0 Å². The third-order valence-electron chi connectivity index (χ3n) is 7.87. The standard InChI is InChI=1S/2C17H19P.2ClH.Fe.Ni/c2*1-3-9-15(10-4-1)18(17-13-7-8-14-17)16-11-5-2-6-12-16;;;;/h2*1-6,9-12,17H,7-8,13-14H2;2*1H;;/q;;;;;+2. The number of halogens is 2. The minimum Gasteiger partial charge on any atom is -0.0620 e. The fourth-order valence-corrected chi connectivity index (χ4v) is 12.9. The van der Waals surface area contributed by atoms with Crippen molar-refractivity contribution in [1.29, 1.82) is 0 Å². The Kier molecular flexibility index (Phi) is 16.5. The molecule has 6 heteroatoms. The van der Waals surface area contributed by atoms with E-state index < -0.39 is 15.8 Å². The van der Waals surface area contributed by atoms with Crippen LogP contribution in [0.25, 0.3) is 0 Å². The van der Waals surface area contributed by atoms with Crippen LogP contribution in [0.5, 0.6) is 0 Å². The van der Waals surface area contributed by atoms with Gasteiger partial charge in [-0.2, -0.15) is 0 Å². The number of benzene rings is 4. The molecule has 2 saturated carbocycles. The summed E-state index contributed by atoms with van der Waals surface area (Å²) < 4.78 is 0. The van der Waals surface area contributed by atoms with Crippen molar-refractivity contribution >= 4 is 57.4 Å². The second-order valence-electron chi connectivity index (χ2n) is 10.3. The van der Waals surface area contributed by atoms with Gasteiger partial charge in [0.05, 0.1) is 48.4 Å². The van der Waals surface area contributed by atoms with Crippen LogP contribution in [0, 0.1) is 0 Å². The van der Waals surface area contributed by atoms with Crippen molar-refractivity contribution in [2.45, 2.75) is 62.7 Å². The normalized spacial score (nSPS) is 15.2. The minimum atomic E-state index is -0.577. The first-order chi connectivity index (χ1) is 19.3. The number of hydrogen-bond acceptors (Lipinski definition) is 0. The zero-order chi connectivity index (χ0) is 27.1. The number of rotatable bonds is 6. The first-order valence-electron chi connectivity index (χ1n) is 14.1. The molecule has 4 aromatic carbocycles. The Morgan fingerprint density at radius 2 is 0.625 bits per heavy atom. The summed E-state index contributed by atoms with van der Waals surface area (Å²) in [6.07, 6.45) is 11.4. The molecule has 0 aromatic heterocycles. The molecule has 2 aliphatic carbocycles. The summed E-state index contributed by atoms with van der Waals surface area (Å²) in [4.78, 5) is 0. The molecule has 216 valence electrons. The molecule has 0 unspecified atom stereocenters. The second kappa shape index (κ2) is 19.5. The molecule has 2 aliphatic rings. The van der Waals surface area contributed by atoms with Gasteiger partial charge in [0.15, 0.2) is 0 Å². The van der Waals surface area contributed by atoms with Gasteiger partial charge in [-0.3, -0.25) is 0 Å². The average Bonchev–Trinajstić information content (AvgIpc) is 3.72. The quantitative estimate of drug-likeness (QED) is 0.140. The van der Waals surface area contributed by atoms with E-state index in [2.05, 4.69) is 121 Å². The third kappa shape index (κ3) is 10.3. The van der Waals surface area contributed by atoms with Crippen molar-refractivity contribution in [2.24, 2.45) is 0 Å². The van der Waals surface area contributed by atoms with E-state index in [0.29, 0.717) is 12.7 Å². The maximum atomic E-state index is 4.70. The van der Waals surface area contributed by atoms with E-state index in [1.165, 1.54) is 51.4 Å². The number of hydrogen-bond donors (Lipinski definition) is 0. The van der Waals surface area contributed by atoms with E-state index in [0.717, 1.165) is 11.3 Å². The molecule has 6 rings (SSSR count). The van der Waals surface area contributed by atoms with Gasteiger partial charge in [0, 0.05) is 17.1 Å². The van der Waals surface area contributed by atoms with Crippen LogP contribution in [0.1, 0.15) is 51.4 Å². The fraction of sp³-hybridized carbons (Fsp3) is 0.294. The fourth-order valence-electron chi connectivity index (χ4n) is 6.18. The van der Waals surface area contributed by atoms with Crippen LogP contribution in [-0.2, 0) is 29.7 Å². The van der Waals surface area contributed by atoms with Gasteiger partial charge in [-0.1, -0.05) is 72.8 Å². The van der Waals surface area contributed by atoms with Gasteiger partial charge in [0.2, 0.25) is 0 Å². The Hall–Kier alpha value is -0.667. The SMILES string of the molecule is [Cl][Ni][Cl].[Fe].c1ccc([PH+](c2ccccc2)C2CCCC2)cc1.c1ccc([PH+](c2ccccc2)C2CCCC2)cc1. The summed E-state index contributed by atoms with van der Waals surface area (Å²) in [5.41, 5.74) is 1.86. The molecule has 0 nitrogen and oxygen atoms in total. The van der Waals surface area contributed by atoms with Gasteiger partial charge in [0.1, 0.15) is 0 Å². The second-order valence-corrected chi connectivity index (χ2v) is 17.5. The van der Waals surface area contributed by atoms with Crippen molar-refractivity contribution in [3.05, 3.63) is 121 Å². The van der Waals surface area contributed by atoms with E-state index in [4.69, 9.17) is 20.4 Å². The van der Waals surface area contributed by atoms with Crippen LogP contribution >= 0.6 is 36.2 Å². The van der Waals surface area contributed by atoms with Crippen LogP contribution in [-0.4, -0.2) is 11.3 Å². The maximum absolute atomic E-state index is 4.70. The predicted octanol–water partition coefficient (Wildman–Crippen LogP) is 8.96. The molecule has 0 heterocycles. The molecule has 0 amide bonds. The topological polar surface area (TPSA) is 0 Å². The first-order valence-corrected chi connectivity index (χ1v) is 20.0. The van der Waals surface area contributed by atoms with Crippen molar-refractivity contribution in [3.8, 4) is 0 Å². The van der Waals surface area contributed by atoms with Crippen molar-refractivity contribution in [1.82, 2.24) is 0 Å². The molecule has 0 aliphatic heterocycles. The van der Waals surface area contributed by atoms with E-state index in [-0.39, 0.29) is 17.1 Å². The molecule has 0 atom stereocenters. The molecule has 0 saturated heterocycles. The first kappa shape index (κ1) is 33.8. The van der Waals surface area contributed by atoms with Crippen LogP contribution < -0.4 is 21.2 Å². The summed E-state index contributed by atoms with van der Waals surface area (Å²) in [5.74, 6) is 0. The van der Waals surface area contributed by atoms with E-state index >= 15 is 0 Å². The Balaban J connectivity index is 0.000000197. The van der Waals surface area contributed by atoms with Crippen molar-refractivity contribution in [2.75, 3.05) is 0 Å². The van der Waals surface area contributed by atoms with Gasteiger partial charge >= 0.3 is 33.0 Å². The summed E-state index contributed by atoms with van der Waals surface area (Å²) in [5, 5.41) is 6.34. The van der Waals surface area contributed by atoms with Crippen LogP contribution in [0.2, 0.25) is 0 Å². The Labute approximate surface area is 269 Å². The molecule has 0 N–H and O–H groups in total. The molecular weight excluding hydrogens is 656 g/mol. The van der Waals surface area contributed by atoms with Gasteiger partial charge < -0.3 is 0 Å².